The molecule has 0 bridgehead atoms. The Balaban J connectivity index is 2.14. The van der Waals surface area contributed by atoms with Crippen molar-refractivity contribution in [2.24, 2.45) is 11.7 Å². The molecule has 2 N–H and O–H groups in total. The lowest BCUT2D eigenvalue weighted by Gasteiger charge is -2.47. The van der Waals surface area contributed by atoms with Gasteiger partial charge in [0.1, 0.15) is 0 Å². The van der Waals surface area contributed by atoms with Crippen LogP contribution in [-0.2, 0) is 5.41 Å². The van der Waals surface area contributed by atoms with Gasteiger partial charge in [0, 0.05) is 11.5 Å². The molecule has 0 heterocycles. The molecule has 2 atom stereocenters. The minimum atomic E-state index is 0.282. The highest BCUT2D eigenvalue weighted by Gasteiger charge is 2.43. The van der Waals surface area contributed by atoms with Crippen molar-refractivity contribution in [2.45, 2.75) is 57.4 Å². The van der Waals surface area contributed by atoms with Crippen molar-refractivity contribution in [2.75, 3.05) is 0 Å². The quantitative estimate of drug-likeness (QED) is 0.818. The maximum Gasteiger partial charge on any atom is 0.0139 e. The first-order chi connectivity index (χ1) is 8.19. The van der Waals surface area contributed by atoms with Gasteiger partial charge in [-0.3, -0.25) is 0 Å². The molecule has 1 heteroatoms. The molecule has 0 spiro atoms. The van der Waals surface area contributed by atoms with E-state index in [-0.39, 0.29) is 5.41 Å². The minimum Gasteiger partial charge on any atom is -0.327 e. The number of nitrogens with two attached hydrogens (primary N) is 1. The summed E-state index contributed by atoms with van der Waals surface area (Å²) in [5.41, 5.74) is 8.27. The van der Waals surface area contributed by atoms with E-state index in [2.05, 4.69) is 44.2 Å². The van der Waals surface area contributed by atoms with E-state index in [0.29, 0.717) is 6.04 Å². The van der Waals surface area contributed by atoms with Crippen LogP contribution in [0.4, 0.5) is 0 Å². The molecule has 1 aromatic rings. The maximum absolute atomic E-state index is 6.52. The van der Waals surface area contributed by atoms with Crippen molar-refractivity contribution in [3.05, 3.63) is 35.9 Å². The van der Waals surface area contributed by atoms with Crippen molar-refractivity contribution >= 4 is 0 Å². The molecule has 0 amide bonds. The van der Waals surface area contributed by atoms with Crippen molar-refractivity contribution in [3.8, 4) is 0 Å². The molecule has 1 nitrogen and oxygen atoms in total. The van der Waals surface area contributed by atoms with Crippen molar-refractivity contribution in [1.29, 1.82) is 0 Å². The molecule has 2 unspecified atom stereocenters. The highest BCUT2D eigenvalue weighted by atomic mass is 14.7. The molecule has 0 saturated heterocycles. The molecular formula is C16H25N. The summed E-state index contributed by atoms with van der Waals surface area (Å²) in [5, 5.41) is 0. The molecule has 2 rings (SSSR count). The maximum atomic E-state index is 6.52. The Morgan fingerprint density at radius 2 is 1.88 bits per heavy atom. The fourth-order valence-electron chi connectivity index (χ4n) is 3.03. The Morgan fingerprint density at radius 1 is 1.24 bits per heavy atom. The number of hydrogen-bond acceptors (Lipinski definition) is 1. The van der Waals surface area contributed by atoms with Crippen LogP contribution in [0.15, 0.2) is 30.3 Å². The van der Waals surface area contributed by atoms with Crippen LogP contribution in [0.25, 0.3) is 0 Å². The molecule has 0 aromatic heterocycles. The SMILES string of the molecule is CCC(C)CC(N)C1(c2ccccc2)CCC1. The second kappa shape index (κ2) is 5.22. The zero-order valence-corrected chi connectivity index (χ0v) is 11.2. The van der Waals surface area contributed by atoms with Crippen LogP contribution < -0.4 is 5.73 Å². The van der Waals surface area contributed by atoms with Crippen LogP contribution >= 0.6 is 0 Å². The summed E-state index contributed by atoms with van der Waals surface area (Å²) in [6.07, 6.45) is 6.27. The van der Waals surface area contributed by atoms with E-state index in [4.69, 9.17) is 5.73 Å². The summed E-state index contributed by atoms with van der Waals surface area (Å²) in [6, 6.07) is 11.2. The Hall–Kier alpha value is -0.820. The molecule has 0 aliphatic heterocycles. The van der Waals surface area contributed by atoms with Crippen LogP contribution in [0.5, 0.6) is 0 Å². The lowest BCUT2D eigenvalue weighted by Crippen LogP contribution is -2.51. The number of hydrogen-bond donors (Lipinski definition) is 1. The van der Waals surface area contributed by atoms with Gasteiger partial charge in [0.15, 0.2) is 0 Å². The van der Waals surface area contributed by atoms with Crippen LogP contribution in [0.3, 0.4) is 0 Å². The summed E-state index contributed by atoms with van der Waals surface area (Å²) in [7, 11) is 0. The van der Waals surface area contributed by atoms with E-state index >= 15 is 0 Å². The minimum absolute atomic E-state index is 0.282. The lowest BCUT2D eigenvalue weighted by atomic mass is 9.59. The van der Waals surface area contributed by atoms with Gasteiger partial charge in [0.05, 0.1) is 0 Å². The Kier molecular flexibility index (Phi) is 3.88. The summed E-state index contributed by atoms with van der Waals surface area (Å²) < 4.78 is 0. The monoisotopic (exact) mass is 231 g/mol. The van der Waals surface area contributed by atoms with Gasteiger partial charge in [0.2, 0.25) is 0 Å². The van der Waals surface area contributed by atoms with Crippen LogP contribution in [-0.4, -0.2) is 6.04 Å². The second-order valence-corrected chi connectivity index (χ2v) is 5.73. The third-order valence-corrected chi connectivity index (χ3v) is 4.66. The van der Waals surface area contributed by atoms with E-state index in [1.165, 1.54) is 31.2 Å². The van der Waals surface area contributed by atoms with E-state index in [0.717, 1.165) is 12.3 Å². The average Bonchev–Trinajstić information content (AvgIpc) is 2.28. The molecule has 1 aliphatic rings. The van der Waals surface area contributed by atoms with Gasteiger partial charge in [-0.1, -0.05) is 57.0 Å². The normalized spacial score (nSPS) is 21.6. The van der Waals surface area contributed by atoms with E-state index in [9.17, 15) is 0 Å². The van der Waals surface area contributed by atoms with E-state index in [1.54, 1.807) is 0 Å². The molecule has 0 radical (unpaired) electrons. The van der Waals surface area contributed by atoms with Gasteiger partial charge < -0.3 is 5.73 Å². The first-order valence-corrected chi connectivity index (χ1v) is 7.00. The van der Waals surface area contributed by atoms with E-state index in [1.807, 2.05) is 0 Å². The zero-order chi connectivity index (χ0) is 12.3. The number of benzene rings is 1. The first kappa shape index (κ1) is 12.6. The Morgan fingerprint density at radius 3 is 2.35 bits per heavy atom. The summed E-state index contributed by atoms with van der Waals surface area (Å²) in [4.78, 5) is 0. The van der Waals surface area contributed by atoms with Crippen LogP contribution in [0.2, 0.25) is 0 Å². The topological polar surface area (TPSA) is 26.0 Å². The molecular weight excluding hydrogens is 206 g/mol. The van der Waals surface area contributed by atoms with Gasteiger partial charge in [-0.05, 0) is 30.7 Å². The van der Waals surface area contributed by atoms with Crippen molar-refractivity contribution < 1.29 is 0 Å². The average molecular weight is 231 g/mol. The largest absolute Gasteiger partial charge is 0.327 e. The van der Waals surface area contributed by atoms with Crippen molar-refractivity contribution in [1.82, 2.24) is 0 Å². The lowest BCUT2D eigenvalue weighted by molar-refractivity contribution is 0.175. The fourth-order valence-corrected chi connectivity index (χ4v) is 3.03. The smallest absolute Gasteiger partial charge is 0.0139 e. The predicted octanol–water partition coefficient (Wildman–Crippen LogP) is 3.87. The molecule has 1 fully saturated rings. The fraction of sp³-hybridized carbons (Fsp3) is 0.625. The van der Waals surface area contributed by atoms with Crippen molar-refractivity contribution in [3.63, 3.8) is 0 Å². The predicted molar refractivity (Wildman–Crippen MR) is 74.0 cm³/mol. The zero-order valence-electron chi connectivity index (χ0n) is 11.2. The number of rotatable bonds is 5. The highest BCUT2D eigenvalue weighted by Crippen LogP contribution is 2.47. The molecule has 1 aliphatic carbocycles. The Bertz CT molecular complexity index is 340. The summed E-state index contributed by atoms with van der Waals surface area (Å²) >= 11 is 0. The third-order valence-electron chi connectivity index (χ3n) is 4.66. The molecule has 1 saturated carbocycles. The second-order valence-electron chi connectivity index (χ2n) is 5.73. The Labute approximate surface area is 105 Å². The molecule has 1 aromatic carbocycles. The van der Waals surface area contributed by atoms with E-state index < -0.39 is 0 Å². The summed E-state index contributed by atoms with van der Waals surface area (Å²) in [5.74, 6) is 0.742. The van der Waals surface area contributed by atoms with Crippen LogP contribution in [0, 0.1) is 5.92 Å². The van der Waals surface area contributed by atoms with Gasteiger partial charge >= 0.3 is 0 Å². The third kappa shape index (κ3) is 2.40. The first-order valence-electron chi connectivity index (χ1n) is 7.00. The van der Waals surface area contributed by atoms with Gasteiger partial charge in [-0.2, -0.15) is 0 Å². The molecule has 94 valence electrons. The van der Waals surface area contributed by atoms with Crippen LogP contribution in [0.1, 0.15) is 51.5 Å². The summed E-state index contributed by atoms with van der Waals surface area (Å²) in [6.45, 7) is 4.57. The van der Waals surface area contributed by atoms with Gasteiger partial charge in [-0.25, -0.2) is 0 Å². The standard InChI is InChI=1S/C16H25N/c1-3-13(2)12-15(17)16(10-7-11-16)14-8-5-4-6-9-14/h4-6,8-9,13,15H,3,7,10-12,17H2,1-2H3. The van der Waals surface area contributed by atoms with Gasteiger partial charge in [-0.15, -0.1) is 0 Å². The van der Waals surface area contributed by atoms with Gasteiger partial charge in [0.25, 0.3) is 0 Å². The molecule has 17 heavy (non-hydrogen) atoms. The highest BCUT2D eigenvalue weighted by molar-refractivity contribution is 5.30.